The molecule has 1 aromatic carbocycles. The molecule has 19 heavy (non-hydrogen) atoms. The third-order valence-electron chi connectivity index (χ3n) is 2.35. The molecule has 0 atom stereocenters. The Morgan fingerprint density at radius 1 is 1.42 bits per heavy atom. The zero-order chi connectivity index (χ0) is 13.7. The van der Waals surface area contributed by atoms with E-state index in [1.807, 2.05) is 30.3 Å². The van der Waals surface area contributed by atoms with Gasteiger partial charge in [-0.2, -0.15) is 5.10 Å². The van der Waals surface area contributed by atoms with E-state index in [4.69, 9.17) is 14.9 Å². The lowest BCUT2D eigenvalue weighted by Crippen LogP contribution is -2.24. The van der Waals surface area contributed by atoms with Gasteiger partial charge in [-0.3, -0.25) is 0 Å². The van der Waals surface area contributed by atoms with E-state index in [9.17, 15) is 4.79 Å². The van der Waals surface area contributed by atoms with Crippen LogP contribution < -0.4 is 15.9 Å². The number of carbonyl (C=O) groups is 1. The maximum absolute atomic E-state index is 10.5. The van der Waals surface area contributed by atoms with Crippen molar-refractivity contribution in [2.24, 2.45) is 10.8 Å². The molecule has 2 rings (SSSR count). The molecule has 6 nitrogen and oxygen atoms in total. The maximum atomic E-state index is 10.5. The van der Waals surface area contributed by atoms with Crippen molar-refractivity contribution in [3.05, 3.63) is 42.0 Å². The molecule has 0 saturated carbocycles. The molecule has 0 aliphatic heterocycles. The van der Waals surface area contributed by atoms with E-state index in [0.717, 1.165) is 5.56 Å². The lowest BCUT2D eigenvalue weighted by Gasteiger charge is -1.95. The monoisotopic (exact) mass is 259 g/mol. The van der Waals surface area contributed by atoms with Crippen molar-refractivity contribution in [1.29, 1.82) is 0 Å². The van der Waals surface area contributed by atoms with Crippen LogP contribution in [0.3, 0.4) is 0 Å². The third-order valence-corrected chi connectivity index (χ3v) is 2.35. The number of hydrazone groups is 1. The van der Waals surface area contributed by atoms with E-state index in [2.05, 4.69) is 10.5 Å². The first-order valence-electron chi connectivity index (χ1n) is 5.52. The van der Waals surface area contributed by atoms with Crippen LogP contribution in [0.25, 0.3) is 11.3 Å². The van der Waals surface area contributed by atoms with Gasteiger partial charge < -0.3 is 14.9 Å². The molecule has 0 aliphatic rings. The minimum absolute atomic E-state index is 0.314. The smallest absolute Gasteiger partial charge is 0.332 e. The molecule has 0 aliphatic carbocycles. The molecular weight excluding hydrogens is 246 g/mol. The Kier molecular flexibility index (Phi) is 3.82. The van der Waals surface area contributed by atoms with Crippen molar-refractivity contribution in [1.82, 2.24) is 5.43 Å². The number of rotatable bonds is 4. The number of urea groups is 1. The molecule has 0 saturated heterocycles. The standard InChI is InChI=1S/C13H13N3O3/c1-18-12-10(8-15-16-13(14)17)7-11(19-12)9-5-3-2-4-6-9/h2-8H,1H3,(H3,14,16,17)/b15-8+. The summed E-state index contributed by atoms with van der Waals surface area (Å²) in [7, 11) is 1.49. The molecule has 98 valence electrons. The first-order chi connectivity index (χ1) is 9.20. The second-order valence-corrected chi connectivity index (χ2v) is 3.66. The van der Waals surface area contributed by atoms with Gasteiger partial charge in [0.2, 0.25) is 0 Å². The van der Waals surface area contributed by atoms with Gasteiger partial charge in [-0.25, -0.2) is 10.2 Å². The molecule has 3 N–H and O–H groups in total. The number of amides is 2. The number of furan rings is 1. The Hall–Kier alpha value is -2.76. The summed E-state index contributed by atoms with van der Waals surface area (Å²) in [6, 6.07) is 10.6. The van der Waals surface area contributed by atoms with Gasteiger partial charge in [0, 0.05) is 5.56 Å². The van der Waals surface area contributed by atoms with Crippen LogP contribution in [0.4, 0.5) is 4.79 Å². The van der Waals surface area contributed by atoms with E-state index in [1.54, 1.807) is 6.07 Å². The summed E-state index contributed by atoms with van der Waals surface area (Å²) in [5.41, 5.74) is 8.54. The van der Waals surface area contributed by atoms with Crippen molar-refractivity contribution in [2.75, 3.05) is 7.11 Å². The van der Waals surface area contributed by atoms with Crippen LogP contribution in [0.1, 0.15) is 5.56 Å². The quantitative estimate of drug-likeness (QED) is 0.649. The molecule has 1 heterocycles. The zero-order valence-corrected chi connectivity index (χ0v) is 10.3. The Morgan fingerprint density at radius 3 is 2.79 bits per heavy atom. The Bertz CT molecular complexity index is 590. The van der Waals surface area contributed by atoms with Crippen LogP contribution >= 0.6 is 0 Å². The summed E-state index contributed by atoms with van der Waals surface area (Å²) in [5.74, 6) is 0.965. The summed E-state index contributed by atoms with van der Waals surface area (Å²) in [5, 5.41) is 3.67. The lowest BCUT2D eigenvalue weighted by atomic mass is 10.1. The molecule has 0 spiro atoms. The predicted molar refractivity (Wildman–Crippen MR) is 71.0 cm³/mol. The van der Waals surface area contributed by atoms with Crippen LogP contribution in [0.15, 0.2) is 45.9 Å². The Labute approximate surface area is 109 Å². The number of primary amides is 1. The van der Waals surface area contributed by atoms with Crippen LogP contribution in [-0.2, 0) is 0 Å². The van der Waals surface area contributed by atoms with E-state index >= 15 is 0 Å². The van der Waals surface area contributed by atoms with Gasteiger partial charge in [-0.1, -0.05) is 30.3 Å². The maximum Gasteiger partial charge on any atom is 0.332 e. The number of nitrogens with two attached hydrogens (primary N) is 1. The van der Waals surface area contributed by atoms with E-state index in [-0.39, 0.29) is 0 Å². The average molecular weight is 259 g/mol. The number of carbonyl (C=O) groups excluding carboxylic acids is 1. The third kappa shape index (κ3) is 3.12. The highest BCUT2D eigenvalue weighted by molar-refractivity contribution is 5.85. The van der Waals surface area contributed by atoms with Crippen LogP contribution in [0.2, 0.25) is 0 Å². The van der Waals surface area contributed by atoms with E-state index in [0.29, 0.717) is 17.3 Å². The highest BCUT2D eigenvalue weighted by atomic mass is 16.6. The molecule has 0 unspecified atom stereocenters. The topological polar surface area (TPSA) is 89.8 Å². The number of hydrogen-bond donors (Lipinski definition) is 2. The number of nitrogens with zero attached hydrogens (tertiary/aromatic N) is 1. The largest absolute Gasteiger partial charge is 0.468 e. The second kappa shape index (κ2) is 5.72. The van der Waals surface area contributed by atoms with Gasteiger partial charge in [-0.05, 0) is 6.07 Å². The van der Waals surface area contributed by atoms with Gasteiger partial charge in [0.05, 0.1) is 18.9 Å². The zero-order valence-electron chi connectivity index (χ0n) is 10.3. The van der Waals surface area contributed by atoms with Crippen molar-refractivity contribution in [2.45, 2.75) is 0 Å². The average Bonchev–Trinajstić information content (AvgIpc) is 2.83. The van der Waals surface area contributed by atoms with Crippen molar-refractivity contribution in [3.63, 3.8) is 0 Å². The summed E-state index contributed by atoms with van der Waals surface area (Å²) in [4.78, 5) is 10.5. The molecular formula is C13H13N3O3. The molecule has 6 heteroatoms. The molecule has 2 amide bonds. The second-order valence-electron chi connectivity index (χ2n) is 3.66. The van der Waals surface area contributed by atoms with Gasteiger partial charge >= 0.3 is 6.03 Å². The van der Waals surface area contributed by atoms with Gasteiger partial charge in [0.25, 0.3) is 5.95 Å². The van der Waals surface area contributed by atoms with Gasteiger partial charge in [-0.15, -0.1) is 0 Å². The van der Waals surface area contributed by atoms with Crippen molar-refractivity contribution >= 4 is 12.2 Å². The molecule has 1 aromatic heterocycles. The summed E-state index contributed by atoms with van der Waals surface area (Å²) in [6.45, 7) is 0. The summed E-state index contributed by atoms with van der Waals surface area (Å²) < 4.78 is 10.7. The SMILES string of the molecule is COc1oc(-c2ccccc2)cc1/C=N/NC(N)=O. The van der Waals surface area contributed by atoms with Gasteiger partial charge in [0.1, 0.15) is 5.76 Å². The molecule has 0 bridgehead atoms. The van der Waals surface area contributed by atoms with Crippen LogP contribution in [-0.4, -0.2) is 19.4 Å². The Balaban J connectivity index is 2.27. The number of benzene rings is 1. The Morgan fingerprint density at radius 2 is 2.16 bits per heavy atom. The number of methoxy groups -OCH3 is 1. The van der Waals surface area contributed by atoms with Crippen molar-refractivity contribution < 1.29 is 13.9 Å². The highest BCUT2D eigenvalue weighted by Crippen LogP contribution is 2.29. The first kappa shape index (κ1) is 12.7. The molecule has 0 radical (unpaired) electrons. The summed E-state index contributed by atoms with van der Waals surface area (Å²) in [6.07, 6.45) is 1.40. The van der Waals surface area contributed by atoms with Crippen LogP contribution in [0, 0.1) is 0 Å². The van der Waals surface area contributed by atoms with Gasteiger partial charge in [0.15, 0.2) is 0 Å². The first-order valence-corrected chi connectivity index (χ1v) is 5.52. The number of ether oxygens (including phenoxy) is 1. The fourth-order valence-electron chi connectivity index (χ4n) is 1.55. The summed E-state index contributed by atoms with van der Waals surface area (Å²) >= 11 is 0. The minimum Gasteiger partial charge on any atom is -0.468 e. The minimum atomic E-state index is -0.734. The number of hydrogen-bond acceptors (Lipinski definition) is 4. The predicted octanol–water partition coefficient (Wildman–Crippen LogP) is 1.96. The number of nitrogens with one attached hydrogen (secondary N) is 1. The normalized spacial score (nSPS) is 10.6. The fourth-order valence-corrected chi connectivity index (χ4v) is 1.55. The molecule has 2 aromatic rings. The van der Waals surface area contributed by atoms with Crippen LogP contribution in [0.5, 0.6) is 5.95 Å². The van der Waals surface area contributed by atoms with Crippen molar-refractivity contribution in [3.8, 4) is 17.3 Å². The van der Waals surface area contributed by atoms with E-state index < -0.39 is 6.03 Å². The highest BCUT2D eigenvalue weighted by Gasteiger charge is 2.11. The lowest BCUT2D eigenvalue weighted by molar-refractivity contribution is 0.249. The van der Waals surface area contributed by atoms with E-state index in [1.165, 1.54) is 13.3 Å². The molecule has 0 fully saturated rings. The fraction of sp³-hybridized carbons (Fsp3) is 0.0769.